The minimum Gasteiger partial charge on any atom is -0.389 e. The molecule has 0 saturated carbocycles. The van der Waals surface area contributed by atoms with Crippen LogP contribution in [-0.4, -0.2) is 41.7 Å². The number of hydrogen-bond donors (Lipinski definition) is 2. The monoisotopic (exact) mass is 295 g/mol. The number of benzene rings is 1. The normalized spacial score (nSPS) is 15.9. The Bertz CT molecular complexity index is 563. The van der Waals surface area contributed by atoms with Gasteiger partial charge in [-0.2, -0.15) is 5.26 Å². The van der Waals surface area contributed by atoms with Gasteiger partial charge in [-0.25, -0.2) is 8.78 Å². The van der Waals surface area contributed by atoms with Crippen molar-refractivity contribution in [1.29, 1.82) is 5.26 Å². The lowest BCUT2D eigenvalue weighted by Crippen LogP contribution is -2.36. The topological polar surface area (TPSA) is 76.4 Å². The Hall–Kier alpha value is -2.20. The second-order valence-electron chi connectivity index (χ2n) is 4.90. The second kappa shape index (κ2) is 6.50. The number of β-amino-alcohol motifs (C(OH)–C–C–N with tert-alkyl or cyclic N) is 1. The number of anilines is 1. The smallest absolute Gasteiger partial charge is 0.222 e. The van der Waals surface area contributed by atoms with E-state index in [1.807, 2.05) is 0 Å². The van der Waals surface area contributed by atoms with Crippen molar-refractivity contribution in [3.63, 3.8) is 0 Å². The van der Waals surface area contributed by atoms with E-state index in [4.69, 9.17) is 5.26 Å². The zero-order chi connectivity index (χ0) is 15.4. The van der Waals surface area contributed by atoms with E-state index in [1.165, 1.54) is 4.90 Å². The number of nitriles is 1. The van der Waals surface area contributed by atoms with Crippen LogP contribution in [0.3, 0.4) is 0 Å². The van der Waals surface area contributed by atoms with Crippen molar-refractivity contribution in [3.05, 3.63) is 29.3 Å². The molecule has 0 unspecified atom stereocenters. The fourth-order valence-corrected chi connectivity index (χ4v) is 2.24. The molecule has 1 amide bonds. The van der Waals surface area contributed by atoms with Crippen LogP contribution in [0.15, 0.2) is 12.1 Å². The number of nitrogens with one attached hydrogen (secondary N) is 1. The molecule has 5 nitrogen and oxygen atoms in total. The standard InChI is InChI=1S/C14H15F2N3O2/c15-11-4-9(6-17)5-12(16)14(11)18-7-10(20)8-19-3-1-2-13(19)21/h4-5,10,18,20H,1-3,7-8H2/t10-/m1/s1. The molecule has 1 saturated heterocycles. The van der Waals surface area contributed by atoms with Crippen LogP contribution in [0.2, 0.25) is 0 Å². The van der Waals surface area contributed by atoms with Crippen LogP contribution < -0.4 is 5.32 Å². The van der Waals surface area contributed by atoms with Crippen molar-refractivity contribution in [2.75, 3.05) is 25.0 Å². The SMILES string of the molecule is N#Cc1cc(F)c(NC[C@@H](O)CN2CCCC2=O)c(F)c1. The average Bonchev–Trinajstić information content (AvgIpc) is 2.83. The number of rotatable bonds is 5. The van der Waals surface area contributed by atoms with E-state index >= 15 is 0 Å². The molecule has 21 heavy (non-hydrogen) atoms. The van der Waals surface area contributed by atoms with Gasteiger partial charge in [-0.05, 0) is 18.6 Å². The summed E-state index contributed by atoms with van der Waals surface area (Å²) >= 11 is 0. The highest BCUT2D eigenvalue weighted by Crippen LogP contribution is 2.20. The lowest BCUT2D eigenvalue weighted by Gasteiger charge is -2.20. The van der Waals surface area contributed by atoms with E-state index in [2.05, 4.69) is 5.32 Å². The zero-order valence-electron chi connectivity index (χ0n) is 11.3. The molecule has 0 bridgehead atoms. The minimum absolute atomic E-state index is 0.0233. The molecule has 0 spiro atoms. The van der Waals surface area contributed by atoms with Crippen LogP contribution in [0, 0.1) is 23.0 Å². The number of aliphatic hydroxyl groups excluding tert-OH is 1. The first-order valence-electron chi connectivity index (χ1n) is 6.60. The summed E-state index contributed by atoms with van der Waals surface area (Å²) in [5, 5.41) is 20.9. The molecular formula is C14H15F2N3O2. The van der Waals surface area contributed by atoms with Gasteiger partial charge in [-0.15, -0.1) is 0 Å². The predicted octanol–water partition coefficient (Wildman–Crippen LogP) is 1.23. The summed E-state index contributed by atoms with van der Waals surface area (Å²) in [4.78, 5) is 12.9. The van der Waals surface area contributed by atoms with Crippen LogP contribution in [0.25, 0.3) is 0 Å². The molecule has 1 aliphatic rings. The summed E-state index contributed by atoms with van der Waals surface area (Å²) in [5.41, 5.74) is -0.500. The van der Waals surface area contributed by atoms with Gasteiger partial charge in [-0.1, -0.05) is 0 Å². The van der Waals surface area contributed by atoms with Crippen molar-refractivity contribution in [2.24, 2.45) is 0 Å². The number of halogens is 2. The van der Waals surface area contributed by atoms with Gasteiger partial charge >= 0.3 is 0 Å². The van der Waals surface area contributed by atoms with E-state index in [0.29, 0.717) is 13.0 Å². The Morgan fingerprint density at radius 2 is 2.10 bits per heavy atom. The first-order chi connectivity index (χ1) is 10.0. The van der Waals surface area contributed by atoms with E-state index in [1.54, 1.807) is 6.07 Å². The van der Waals surface area contributed by atoms with Gasteiger partial charge in [0.2, 0.25) is 5.91 Å². The third kappa shape index (κ3) is 3.67. The van der Waals surface area contributed by atoms with Crippen molar-refractivity contribution in [1.82, 2.24) is 4.90 Å². The fourth-order valence-electron chi connectivity index (χ4n) is 2.24. The lowest BCUT2D eigenvalue weighted by atomic mass is 10.2. The molecule has 1 aromatic carbocycles. The molecule has 7 heteroatoms. The summed E-state index contributed by atoms with van der Waals surface area (Å²) in [6, 6.07) is 3.49. The molecular weight excluding hydrogens is 280 g/mol. The zero-order valence-corrected chi connectivity index (χ0v) is 11.3. The highest BCUT2D eigenvalue weighted by Gasteiger charge is 2.22. The fraction of sp³-hybridized carbons (Fsp3) is 0.429. The highest BCUT2D eigenvalue weighted by molar-refractivity contribution is 5.78. The minimum atomic E-state index is -0.929. The van der Waals surface area contributed by atoms with Gasteiger partial charge in [0.05, 0.1) is 17.7 Å². The Kier molecular flexibility index (Phi) is 4.70. The maximum Gasteiger partial charge on any atom is 0.222 e. The van der Waals surface area contributed by atoms with Crippen molar-refractivity contribution < 1.29 is 18.7 Å². The molecule has 1 fully saturated rings. The Morgan fingerprint density at radius 1 is 1.43 bits per heavy atom. The van der Waals surface area contributed by atoms with E-state index in [9.17, 15) is 18.7 Å². The first-order valence-corrected chi connectivity index (χ1v) is 6.60. The third-order valence-electron chi connectivity index (χ3n) is 3.29. The Morgan fingerprint density at radius 3 is 2.62 bits per heavy atom. The molecule has 112 valence electrons. The third-order valence-corrected chi connectivity index (χ3v) is 3.29. The van der Waals surface area contributed by atoms with Crippen molar-refractivity contribution in [3.8, 4) is 6.07 Å². The van der Waals surface area contributed by atoms with Crippen LogP contribution in [0.4, 0.5) is 14.5 Å². The number of carbonyl (C=O) groups is 1. The molecule has 0 aliphatic carbocycles. The van der Waals surface area contributed by atoms with E-state index in [0.717, 1.165) is 18.6 Å². The van der Waals surface area contributed by atoms with Crippen molar-refractivity contribution in [2.45, 2.75) is 18.9 Å². The predicted molar refractivity (Wildman–Crippen MR) is 71.4 cm³/mol. The number of hydrogen-bond acceptors (Lipinski definition) is 4. The number of aliphatic hydroxyl groups is 1. The van der Waals surface area contributed by atoms with Gasteiger partial charge in [0, 0.05) is 26.1 Å². The summed E-state index contributed by atoms with van der Waals surface area (Å²) in [6.45, 7) is 0.629. The number of nitrogens with zero attached hydrogens (tertiary/aromatic N) is 2. The van der Waals surface area contributed by atoms with Crippen LogP contribution >= 0.6 is 0 Å². The molecule has 1 atom stereocenters. The highest BCUT2D eigenvalue weighted by atomic mass is 19.1. The van der Waals surface area contributed by atoms with Crippen molar-refractivity contribution >= 4 is 11.6 Å². The van der Waals surface area contributed by atoms with Crippen LogP contribution in [0.1, 0.15) is 18.4 Å². The van der Waals surface area contributed by atoms with Gasteiger partial charge < -0.3 is 15.3 Å². The molecule has 1 aromatic rings. The number of likely N-dealkylation sites (tertiary alicyclic amines) is 1. The molecule has 0 radical (unpaired) electrons. The summed E-state index contributed by atoms with van der Waals surface area (Å²) in [6.07, 6.45) is 0.304. The summed E-state index contributed by atoms with van der Waals surface area (Å²) in [7, 11) is 0. The maximum atomic E-state index is 13.6. The molecule has 2 N–H and O–H groups in total. The van der Waals surface area contributed by atoms with Gasteiger partial charge in [0.1, 0.15) is 5.69 Å². The van der Waals surface area contributed by atoms with Gasteiger partial charge in [0.25, 0.3) is 0 Å². The number of amides is 1. The number of carbonyl (C=O) groups excluding carboxylic acids is 1. The average molecular weight is 295 g/mol. The maximum absolute atomic E-state index is 13.6. The lowest BCUT2D eigenvalue weighted by molar-refractivity contribution is -0.128. The van der Waals surface area contributed by atoms with Crippen LogP contribution in [-0.2, 0) is 4.79 Å². The molecule has 0 aromatic heterocycles. The van der Waals surface area contributed by atoms with Gasteiger partial charge in [-0.3, -0.25) is 4.79 Å². The largest absolute Gasteiger partial charge is 0.389 e. The molecule has 1 heterocycles. The molecule has 1 aliphatic heterocycles. The first kappa shape index (κ1) is 15.2. The van der Waals surface area contributed by atoms with Crippen LogP contribution in [0.5, 0.6) is 0 Å². The quantitative estimate of drug-likeness (QED) is 0.856. The van der Waals surface area contributed by atoms with Gasteiger partial charge in [0.15, 0.2) is 11.6 Å². The van der Waals surface area contributed by atoms with E-state index in [-0.39, 0.29) is 30.2 Å². The summed E-state index contributed by atoms with van der Waals surface area (Å²) in [5.74, 6) is -1.81. The Labute approximate surface area is 120 Å². The second-order valence-corrected chi connectivity index (χ2v) is 4.90. The Balaban J connectivity index is 1.94. The molecule has 2 rings (SSSR count). The summed E-state index contributed by atoms with van der Waals surface area (Å²) < 4.78 is 27.2. The van der Waals surface area contributed by atoms with E-state index < -0.39 is 17.7 Å².